The molecule has 162 valence electrons. The van der Waals surface area contributed by atoms with Crippen LogP contribution in [-0.2, 0) is 14.8 Å². The fourth-order valence-electron chi connectivity index (χ4n) is 3.38. The predicted molar refractivity (Wildman–Crippen MR) is 120 cm³/mol. The zero-order valence-corrected chi connectivity index (χ0v) is 19.0. The molecule has 10 heteroatoms. The van der Waals surface area contributed by atoms with E-state index in [1.165, 1.54) is 11.3 Å². The van der Waals surface area contributed by atoms with Crippen molar-refractivity contribution in [3.05, 3.63) is 46.3 Å². The summed E-state index contributed by atoms with van der Waals surface area (Å²) in [5.74, 6) is 0.994. The van der Waals surface area contributed by atoms with Crippen LogP contribution in [0.5, 0.6) is 11.5 Å². The number of hydrogen-bond donors (Lipinski definition) is 2. The number of carbonyl (C=O) groups excluding carboxylic acids is 1. The second-order valence-corrected chi connectivity index (χ2v) is 10.0. The number of benzene rings is 2. The van der Waals surface area contributed by atoms with Gasteiger partial charge in [0.25, 0.3) is 15.9 Å². The van der Waals surface area contributed by atoms with Gasteiger partial charge in [-0.3, -0.25) is 9.52 Å². The van der Waals surface area contributed by atoms with Crippen molar-refractivity contribution in [3.8, 4) is 22.8 Å². The van der Waals surface area contributed by atoms with Crippen LogP contribution in [0.25, 0.3) is 11.3 Å². The molecular weight excluding hydrogens is 438 g/mol. The third-order valence-corrected chi connectivity index (χ3v) is 7.38. The molecule has 0 saturated heterocycles. The van der Waals surface area contributed by atoms with E-state index in [4.69, 9.17) is 9.47 Å². The van der Waals surface area contributed by atoms with E-state index in [1.807, 2.05) is 13.0 Å². The number of amides is 1. The van der Waals surface area contributed by atoms with E-state index in [1.54, 1.807) is 45.2 Å². The van der Waals surface area contributed by atoms with E-state index < -0.39 is 10.0 Å². The quantitative estimate of drug-likeness (QED) is 0.600. The Morgan fingerprint density at radius 1 is 1.16 bits per heavy atom. The van der Waals surface area contributed by atoms with Crippen molar-refractivity contribution >= 4 is 38.1 Å². The van der Waals surface area contributed by atoms with Gasteiger partial charge in [0.2, 0.25) is 0 Å². The van der Waals surface area contributed by atoms with Crippen molar-refractivity contribution in [1.29, 1.82) is 0 Å². The van der Waals surface area contributed by atoms with Crippen LogP contribution in [0, 0.1) is 20.8 Å². The van der Waals surface area contributed by atoms with E-state index in [0.717, 1.165) is 16.0 Å². The van der Waals surface area contributed by atoms with Crippen LogP contribution in [0.15, 0.2) is 35.2 Å². The van der Waals surface area contributed by atoms with Crippen LogP contribution < -0.4 is 19.5 Å². The number of nitrogens with zero attached hydrogens (tertiary/aromatic N) is 1. The van der Waals surface area contributed by atoms with Gasteiger partial charge in [-0.1, -0.05) is 0 Å². The molecule has 0 radical (unpaired) electrons. The summed E-state index contributed by atoms with van der Waals surface area (Å²) in [6, 6.07) is 8.64. The van der Waals surface area contributed by atoms with Crippen molar-refractivity contribution in [1.82, 2.24) is 4.98 Å². The minimum Gasteiger partial charge on any atom is -0.496 e. The SMILES string of the molecule is COc1cc(C)c(S(=O)(=O)Nc2nc(-c3ccc4c(c3)NC(=O)CO4)c(C)s2)cc1C. The molecule has 3 aromatic rings. The highest BCUT2D eigenvalue weighted by Crippen LogP contribution is 2.37. The highest BCUT2D eigenvalue weighted by Gasteiger charge is 2.22. The molecular formula is C21H21N3O5S2. The number of methoxy groups -OCH3 is 1. The van der Waals surface area contributed by atoms with Crippen LogP contribution in [-0.4, -0.2) is 33.0 Å². The minimum atomic E-state index is -3.83. The van der Waals surface area contributed by atoms with Gasteiger partial charge in [0.1, 0.15) is 11.5 Å². The maximum Gasteiger partial charge on any atom is 0.263 e. The normalized spacial score (nSPS) is 13.2. The molecule has 2 N–H and O–H groups in total. The lowest BCUT2D eigenvalue weighted by Gasteiger charge is -2.18. The molecule has 0 atom stereocenters. The zero-order chi connectivity index (χ0) is 22.3. The molecule has 1 aliphatic rings. The molecule has 0 spiro atoms. The van der Waals surface area contributed by atoms with Crippen molar-refractivity contribution in [3.63, 3.8) is 0 Å². The number of rotatable bonds is 5. The summed E-state index contributed by atoms with van der Waals surface area (Å²) in [6.45, 7) is 5.36. The summed E-state index contributed by atoms with van der Waals surface area (Å²) in [5, 5.41) is 3.03. The van der Waals surface area contributed by atoms with Gasteiger partial charge in [-0.2, -0.15) is 0 Å². The standard InChI is InChI=1S/C21H21N3O5S2/c1-11-8-18(12(2)7-17(11)28-4)31(26,27)24-21-23-20(13(3)30-21)14-5-6-16-15(9-14)22-19(25)10-29-16/h5-9H,10H2,1-4H3,(H,22,25)(H,23,24). The molecule has 1 aromatic heterocycles. The van der Waals surface area contributed by atoms with Gasteiger partial charge in [0.15, 0.2) is 11.7 Å². The number of carbonyl (C=O) groups is 1. The lowest BCUT2D eigenvalue weighted by atomic mass is 10.1. The van der Waals surface area contributed by atoms with Gasteiger partial charge < -0.3 is 14.8 Å². The molecule has 4 rings (SSSR count). The Bertz CT molecular complexity index is 1300. The molecule has 8 nitrogen and oxygen atoms in total. The van der Waals surface area contributed by atoms with E-state index in [2.05, 4.69) is 15.0 Å². The van der Waals surface area contributed by atoms with Gasteiger partial charge in [0, 0.05) is 10.4 Å². The van der Waals surface area contributed by atoms with E-state index >= 15 is 0 Å². The number of hydrogen-bond acceptors (Lipinski definition) is 7. The molecule has 0 bridgehead atoms. The lowest BCUT2D eigenvalue weighted by Crippen LogP contribution is -2.25. The Morgan fingerprint density at radius 3 is 2.68 bits per heavy atom. The fourth-order valence-corrected chi connectivity index (χ4v) is 5.76. The average molecular weight is 460 g/mol. The van der Waals surface area contributed by atoms with E-state index in [0.29, 0.717) is 28.4 Å². The van der Waals surface area contributed by atoms with Crippen LogP contribution >= 0.6 is 11.3 Å². The summed E-state index contributed by atoms with van der Waals surface area (Å²) in [6.07, 6.45) is 0. The summed E-state index contributed by atoms with van der Waals surface area (Å²) in [4.78, 5) is 17.1. The first kappa shape index (κ1) is 21.1. The third kappa shape index (κ3) is 4.08. The Hall–Kier alpha value is -3.11. The first-order valence-corrected chi connectivity index (χ1v) is 11.7. The number of anilines is 2. The van der Waals surface area contributed by atoms with Crippen molar-refractivity contribution < 1.29 is 22.7 Å². The van der Waals surface area contributed by atoms with Crippen molar-refractivity contribution in [2.24, 2.45) is 0 Å². The molecule has 31 heavy (non-hydrogen) atoms. The van der Waals surface area contributed by atoms with Gasteiger partial charge in [-0.05, 0) is 62.2 Å². The van der Waals surface area contributed by atoms with Crippen molar-refractivity contribution in [2.75, 3.05) is 23.8 Å². The summed E-state index contributed by atoms with van der Waals surface area (Å²) >= 11 is 1.24. The smallest absolute Gasteiger partial charge is 0.263 e. The second kappa shape index (κ2) is 7.86. The minimum absolute atomic E-state index is 0.0156. The Labute approximate surface area is 184 Å². The van der Waals surface area contributed by atoms with Crippen LogP contribution in [0.1, 0.15) is 16.0 Å². The first-order chi connectivity index (χ1) is 14.7. The van der Waals surface area contributed by atoms with Gasteiger partial charge in [-0.15, -0.1) is 11.3 Å². The Balaban J connectivity index is 1.65. The van der Waals surface area contributed by atoms with Gasteiger partial charge >= 0.3 is 0 Å². The van der Waals surface area contributed by atoms with Crippen molar-refractivity contribution in [2.45, 2.75) is 25.7 Å². The molecule has 0 fully saturated rings. The number of sulfonamides is 1. The van der Waals surface area contributed by atoms with Gasteiger partial charge in [-0.25, -0.2) is 13.4 Å². The number of thiazole rings is 1. The largest absolute Gasteiger partial charge is 0.496 e. The topological polar surface area (TPSA) is 107 Å². The summed E-state index contributed by atoms with van der Waals surface area (Å²) < 4.78 is 39.3. The van der Waals surface area contributed by atoms with Crippen LogP contribution in [0.2, 0.25) is 0 Å². The first-order valence-electron chi connectivity index (χ1n) is 9.40. The highest BCUT2D eigenvalue weighted by atomic mass is 32.2. The maximum atomic E-state index is 13.0. The Kier molecular flexibility index (Phi) is 5.36. The molecule has 0 aliphatic carbocycles. The number of aryl methyl sites for hydroxylation is 3. The van der Waals surface area contributed by atoms with E-state index in [9.17, 15) is 13.2 Å². The van der Waals surface area contributed by atoms with E-state index in [-0.39, 0.29) is 22.5 Å². The third-order valence-electron chi connectivity index (χ3n) is 4.89. The number of ether oxygens (including phenoxy) is 2. The molecule has 2 aromatic carbocycles. The average Bonchev–Trinajstić information content (AvgIpc) is 3.07. The lowest BCUT2D eigenvalue weighted by molar-refractivity contribution is -0.118. The Morgan fingerprint density at radius 2 is 1.94 bits per heavy atom. The molecule has 1 amide bonds. The molecule has 0 unspecified atom stereocenters. The second-order valence-electron chi connectivity index (χ2n) is 7.16. The van der Waals surface area contributed by atoms with Crippen LogP contribution in [0.4, 0.5) is 10.8 Å². The number of nitrogens with one attached hydrogen (secondary N) is 2. The maximum absolute atomic E-state index is 13.0. The summed E-state index contributed by atoms with van der Waals surface area (Å²) in [5.41, 5.74) is 3.25. The van der Waals surface area contributed by atoms with Gasteiger partial charge in [0.05, 0.1) is 23.4 Å². The summed E-state index contributed by atoms with van der Waals surface area (Å²) in [7, 11) is -2.29. The van der Waals surface area contributed by atoms with Crippen LogP contribution in [0.3, 0.4) is 0 Å². The zero-order valence-electron chi connectivity index (χ0n) is 17.4. The predicted octanol–water partition coefficient (Wildman–Crippen LogP) is 3.88. The number of aromatic nitrogens is 1. The molecule has 1 aliphatic heterocycles. The molecule has 0 saturated carbocycles. The number of fused-ring (bicyclic) bond motifs is 1. The monoisotopic (exact) mass is 459 g/mol. The fraction of sp³-hybridized carbons (Fsp3) is 0.238. The highest BCUT2D eigenvalue weighted by molar-refractivity contribution is 7.93. The molecule has 2 heterocycles.